The monoisotopic (exact) mass is 317 g/mol. The largest absolute Gasteiger partial charge is 0.340 e. The minimum Gasteiger partial charge on any atom is -0.340 e. The lowest BCUT2D eigenvalue weighted by Gasteiger charge is -2.16. The summed E-state index contributed by atoms with van der Waals surface area (Å²) in [7, 11) is 0. The smallest absolute Gasteiger partial charge is 0.225 e. The molecule has 3 rings (SSSR count). The number of benzene rings is 1. The van der Waals surface area contributed by atoms with E-state index in [1.165, 1.54) is 12.0 Å². The summed E-state index contributed by atoms with van der Waals surface area (Å²) in [4.78, 5) is 11.2. The summed E-state index contributed by atoms with van der Waals surface area (Å²) in [6.45, 7) is 2.05. The second-order valence-corrected chi connectivity index (χ2v) is 5.43. The molecule has 1 unspecified atom stereocenters. The van der Waals surface area contributed by atoms with Crippen molar-refractivity contribution in [1.29, 1.82) is 0 Å². The van der Waals surface area contributed by atoms with Crippen molar-refractivity contribution >= 4 is 21.9 Å². The van der Waals surface area contributed by atoms with Gasteiger partial charge in [-0.2, -0.15) is 0 Å². The van der Waals surface area contributed by atoms with E-state index in [2.05, 4.69) is 61.1 Å². The number of alkyl halides is 1. The van der Waals surface area contributed by atoms with Crippen LogP contribution in [0.3, 0.4) is 0 Å². The van der Waals surface area contributed by atoms with Gasteiger partial charge in [-0.1, -0.05) is 46.3 Å². The molecule has 0 amide bonds. The van der Waals surface area contributed by atoms with Gasteiger partial charge in [-0.15, -0.1) is 0 Å². The van der Waals surface area contributed by atoms with Crippen molar-refractivity contribution in [2.24, 2.45) is 0 Å². The molecule has 2 aromatic rings. The van der Waals surface area contributed by atoms with E-state index in [-0.39, 0.29) is 0 Å². The van der Waals surface area contributed by atoms with Crippen LogP contribution in [0.25, 0.3) is 0 Å². The zero-order valence-corrected chi connectivity index (χ0v) is 12.3. The fourth-order valence-electron chi connectivity index (χ4n) is 2.52. The average Bonchev–Trinajstić information content (AvgIpc) is 2.98. The van der Waals surface area contributed by atoms with Crippen LogP contribution in [0.2, 0.25) is 0 Å². The van der Waals surface area contributed by atoms with E-state index in [0.717, 1.165) is 29.9 Å². The molecule has 1 aliphatic rings. The summed E-state index contributed by atoms with van der Waals surface area (Å²) in [6, 6.07) is 10.7. The predicted molar refractivity (Wildman–Crippen MR) is 80.7 cm³/mol. The zero-order valence-electron chi connectivity index (χ0n) is 10.7. The normalized spacial score (nSPS) is 18.8. The van der Waals surface area contributed by atoms with Gasteiger partial charge in [0, 0.05) is 36.7 Å². The Labute approximate surface area is 121 Å². The third-order valence-corrected chi connectivity index (χ3v) is 4.24. The maximum Gasteiger partial charge on any atom is 0.225 e. The van der Waals surface area contributed by atoms with Crippen molar-refractivity contribution in [3.05, 3.63) is 53.9 Å². The second-order valence-electron chi connectivity index (χ2n) is 4.87. The molecule has 1 aliphatic heterocycles. The minimum atomic E-state index is 0.598. The summed E-state index contributed by atoms with van der Waals surface area (Å²) in [5, 5.41) is 0.805. The Balaban J connectivity index is 1.71. The molecule has 0 aliphatic carbocycles. The van der Waals surface area contributed by atoms with E-state index in [9.17, 15) is 0 Å². The molecule has 1 aromatic heterocycles. The quantitative estimate of drug-likeness (QED) is 0.813. The summed E-state index contributed by atoms with van der Waals surface area (Å²) in [5.74, 6) is 1.45. The Morgan fingerprint density at radius 2 is 1.89 bits per heavy atom. The number of hydrogen-bond donors (Lipinski definition) is 0. The van der Waals surface area contributed by atoms with Crippen molar-refractivity contribution in [2.75, 3.05) is 18.0 Å². The van der Waals surface area contributed by atoms with Gasteiger partial charge in [0.1, 0.15) is 0 Å². The molecule has 2 heterocycles. The highest BCUT2D eigenvalue weighted by Gasteiger charge is 2.25. The molecule has 1 atom stereocenters. The molecule has 1 fully saturated rings. The Kier molecular flexibility index (Phi) is 3.78. The second kappa shape index (κ2) is 5.70. The van der Waals surface area contributed by atoms with Gasteiger partial charge in [0.2, 0.25) is 5.95 Å². The van der Waals surface area contributed by atoms with Gasteiger partial charge in [-0.3, -0.25) is 0 Å². The first-order chi connectivity index (χ1) is 9.36. The predicted octanol–water partition coefficient (Wildman–Crippen LogP) is 3.37. The molecule has 3 nitrogen and oxygen atoms in total. The van der Waals surface area contributed by atoms with Crippen molar-refractivity contribution < 1.29 is 0 Å². The van der Waals surface area contributed by atoms with Gasteiger partial charge >= 0.3 is 0 Å². The lowest BCUT2D eigenvalue weighted by atomic mass is 9.99. The van der Waals surface area contributed by atoms with Crippen LogP contribution in [0.4, 0.5) is 5.95 Å². The van der Waals surface area contributed by atoms with Crippen LogP contribution in [0.1, 0.15) is 23.5 Å². The maximum atomic E-state index is 4.44. The van der Waals surface area contributed by atoms with Crippen molar-refractivity contribution in [1.82, 2.24) is 9.97 Å². The van der Waals surface area contributed by atoms with Crippen LogP contribution in [-0.4, -0.2) is 23.1 Å². The Morgan fingerprint density at radius 1 is 1.16 bits per heavy atom. The van der Waals surface area contributed by atoms with E-state index in [1.54, 1.807) is 0 Å². The standard InChI is InChI=1S/C15H16BrN3/c16-8-12-9-17-15(18-10-12)19-7-6-14(11-19)13-4-2-1-3-5-13/h1-5,9-10,14H,6-8,11H2. The SMILES string of the molecule is BrCc1cnc(N2CCC(c3ccccc3)C2)nc1. The van der Waals surface area contributed by atoms with Crippen molar-refractivity contribution in [2.45, 2.75) is 17.7 Å². The fraction of sp³-hybridized carbons (Fsp3) is 0.333. The minimum absolute atomic E-state index is 0.598. The van der Waals surface area contributed by atoms with Crippen LogP contribution in [-0.2, 0) is 5.33 Å². The maximum absolute atomic E-state index is 4.44. The molecule has 0 saturated carbocycles. The number of aromatic nitrogens is 2. The van der Waals surface area contributed by atoms with Gasteiger partial charge in [0.15, 0.2) is 0 Å². The van der Waals surface area contributed by atoms with Crippen molar-refractivity contribution in [3.63, 3.8) is 0 Å². The lowest BCUT2D eigenvalue weighted by molar-refractivity contribution is 0.772. The fourth-order valence-corrected chi connectivity index (χ4v) is 2.81. The Morgan fingerprint density at radius 3 is 2.58 bits per heavy atom. The van der Waals surface area contributed by atoms with Crippen LogP contribution >= 0.6 is 15.9 Å². The Hall–Kier alpha value is -1.42. The molecule has 19 heavy (non-hydrogen) atoms. The van der Waals surface area contributed by atoms with Crippen molar-refractivity contribution in [3.8, 4) is 0 Å². The van der Waals surface area contributed by atoms with E-state index < -0.39 is 0 Å². The van der Waals surface area contributed by atoms with Gasteiger partial charge in [0.05, 0.1) is 0 Å². The number of anilines is 1. The van der Waals surface area contributed by atoms with Crippen LogP contribution in [0.5, 0.6) is 0 Å². The summed E-state index contributed by atoms with van der Waals surface area (Å²) in [6.07, 6.45) is 4.97. The topological polar surface area (TPSA) is 29.0 Å². The molecular formula is C15H16BrN3. The first-order valence-electron chi connectivity index (χ1n) is 6.53. The summed E-state index contributed by atoms with van der Waals surface area (Å²) >= 11 is 3.41. The molecular weight excluding hydrogens is 302 g/mol. The average molecular weight is 318 g/mol. The first kappa shape index (κ1) is 12.6. The van der Waals surface area contributed by atoms with Gasteiger partial charge in [0.25, 0.3) is 0 Å². The third kappa shape index (κ3) is 2.78. The van der Waals surface area contributed by atoms with Crippen LogP contribution < -0.4 is 4.90 Å². The number of halogens is 1. The van der Waals surface area contributed by atoms with Gasteiger partial charge in [-0.25, -0.2) is 9.97 Å². The van der Waals surface area contributed by atoms with Gasteiger partial charge in [-0.05, 0) is 17.5 Å². The summed E-state index contributed by atoms with van der Waals surface area (Å²) < 4.78 is 0. The molecule has 0 spiro atoms. The van der Waals surface area contributed by atoms with Gasteiger partial charge < -0.3 is 4.90 Å². The molecule has 1 aromatic carbocycles. The van der Waals surface area contributed by atoms with Crippen LogP contribution in [0, 0.1) is 0 Å². The molecule has 98 valence electrons. The molecule has 1 saturated heterocycles. The molecule has 0 bridgehead atoms. The van der Waals surface area contributed by atoms with E-state index in [1.807, 2.05) is 12.4 Å². The van der Waals surface area contributed by atoms with E-state index >= 15 is 0 Å². The number of rotatable bonds is 3. The molecule has 0 radical (unpaired) electrons. The molecule has 0 N–H and O–H groups in total. The zero-order chi connectivity index (χ0) is 13.1. The van der Waals surface area contributed by atoms with E-state index in [0.29, 0.717) is 5.92 Å². The third-order valence-electron chi connectivity index (χ3n) is 3.59. The lowest BCUT2D eigenvalue weighted by Crippen LogP contribution is -2.21. The first-order valence-corrected chi connectivity index (χ1v) is 7.66. The molecule has 4 heteroatoms. The summed E-state index contributed by atoms with van der Waals surface area (Å²) in [5.41, 5.74) is 2.53. The van der Waals surface area contributed by atoms with E-state index in [4.69, 9.17) is 0 Å². The highest BCUT2D eigenvalue weighted by molar-refractivity contribution is 9.08. The number of hydrogen-bond acceptors (Lipinski definition) is 3. The van der Waals surface area contributed by atoms with Crippen LogP contribution in [0.15, 0.2) is 42.7 Å². The Bertz CT molecular complexity index is 527. The number of nitrogens with zero attached hydrogens (tertiary/aromatic N) is 3. The highest BCUT2D eigenvalue weighted by Crippen LogP contribution is 2.28. The highest BCUT2D eigenvalue weighted by atomic mass is 79.9.